The molecule has 1 amide bonds. The smallest absolute Gasteiger partial charge is 0.303 e. The highest BCUT2D eigenvalue weighted by molar-refractivity contribution is 5.79. The van der Waals surface area contributed by atoms with Crippen LogP contribution < -0.4 is 4.74 Å². The Morgan fingerprint density at radius 2 is 1.88 bits per heavy atom. The molecule has 2 N–H and O–H groups in total. The minimum Gasteiger partial charge on any atom is -0.489 e. The van der Waals surface area contributed by atoms with Gasteiger partial charge in [-0.3, -0.25) is 9.59 Å². The van der Waals surface area contributed by atoms with Crippen molar-refractivity contribution in [3.8, 4) is 5.75 Å². The minimum atomic E-state index is -0.779. The van der Waals surface area contributed by atoms with E-state index in [4.69, 9.17) is 9.84 Å². The molecule has 3 rings (SSSR count). The Bertz CT molecular complexity index is 927. The third-order valence-electron chi connectivity index (χ3n) is 5.88. The maximum Gasteiger partial charge on any atom is 0.303 e. The number of carbonyl (C=O) groups is 2. The predicted octanol–water partition coefficient (Wildman–Crippen LogP) is 4.88. The number of nitrogens with zero attached hydrogens (tertiary/aromatic N) is 1. The van der Waals surface area contributed by atoms with Crippen LogP contribution in [0.15, 0.2) is 66.7 Å². The molecule has 0 radical (unpaired) electrons. The van der Waals surface area contributed by atoms with Crippen molar-refractivity contribution in [1.29, 1.82) is 0 Å². The number of carbonyl (C=O) groups excluding carboxylic acids is 1. The van der Waals surface area contributed by atoms with Crippen LogP contribution in [0.3, 0.4) is 0 Å². The van der Waals surface area contributed by atoms with Crippen molar-refractivity contribution < 1.29 is 24.5 Å². The monoisotopic (exact) mass is 451 g/mol. The van der Waals surface area contributed by atoms with Gasteiger partial charge in [0.15, 0.2) is 0 Å². The molecule has 2 atom stereocenters. The van der Waals surface area contributed by atoms with Gasteiger partial charge in [-0.1, -0.05) is 67.5 Å². The zero-order chi connectivity index (χ0) is 23.5. The number of carboxylic acid groups (broad SMARTS) is 1. The number of benzene rings is 2. The molecule has 0 bridgehead atoms. The van der Waals surface area contributed by atoms with Gasteiger partial charge in [-0.25, -0.2) is 0 Å². The van der Waals surface area contributed by atoms with Gasteiger partial charge in [0.1, 0.15) is 12.4 Å². The number of hydrogen-bond acceptors (Lipinski definition) is 4. The van der Waals surface area contributed by atoms with Gasteiger partial charge >= 0.3 is 5.97 Å². The summed E-state index contributed by atoms with van der Waals surface area (Å²) >= 11 is 0. The van der Waals surface area contributed by atoms with E-state index in [-0.39, 0.29) is 18.4 Å². The lowest BCUT2D eigenvalue weighted by atomic mass is 10.1. The molecule has 0 spiro atoms. The highest BCUT2D eigenvalue weighted by Crippen LogP contribution is 2.25. The maximum absolute atomic E-state index is 12.3. The van der Waals surface area contributed by atoms with Gasteiger partial charge < -0.3 is 19.8 Å². The fourth-order valence-electron chi connectivity index (χ4n) is 4.03. The number of likely N-dealkylation sites (tertiary alicyclic amines) is 1. The van der Waals surface area contributed by atoms with E-state index in [1.54, 1.807) is 6.08 Å². The largest absolute Gasteiger partial charge is 0.489 e. The zero-order valence-corrected chi connectivity index (χ0v) is 18.9. The van der Waals surface area contributed by atoms with Crippen LogP contribution in [0.2, 0.25) is 0 Å². The summed E-state index contributed by atoms with van der Waals surface area (Å²) in [6, 6.07) is 17.3. The van der Waals surface area contributed by atoms with Crippen LogP contribution in [0.4, 0.5) is 0 Å². The number of ether oxygens (including phenoxy) is 1. The summed E-state index contributed by atoms with van der Waals surface area (Å²) in [7, 11) is 0. The number of aliphatic hydroxyl groups is 1. The lowest BCUT2D eigenvalue weighted by Gasteiger charge is -2.22. The van der Waals surface area contributed by atoms with E-state index in [2.05, 4.69) is 0 Å². The predicted molar refractivity (Wildman–Crippen MR) is 127 cm³/mol. The molecule has 1 heterocycles. The van der Waals surface area contributed by atoms with Gasteiger partial charge in [0.2, 0.25) is 5.91 Å². The number of amides is 1. The Hall–Kier alpha value is -3.12. The van der Waals surface area contributed by atoms with E-state index in [1.807, 2.05) is 65.6 Å². The van der Waals surface area contributed by atoms with Crippen LogP contribution in [-0.4, -0.2) is 39.6 Å². The van der Waals surface area contributed by atoms with Crippen LogP contribution in [0, 0.1) is 0 Å². The Labute approximate surface area is 195 Å². The minimum absolute atomic E-state index is 0.0105. The third kappa shape index (κ3) is 8.06. The lowest BCUT2D eigenvalue weighted by molar-refractivity contribution is -0.137. The number of rotatable bonds is 13. The molecule has 0 aliphatic carbocycles. The van der Waals surface area contributed by atoms with Crippen LogP contribution in [-0.2, 0) is 16.2 Å². The molecule has 6 nitrogen and oxygen atoms in total. The molecule has 0 saturated carbocycles. The summed E-state index contributed by atoms with van der Waals surface area (Å²) in [6.45, 7) is 1.13. The molecule has 2 aromatic carbocycles. The first kappa shape index (κ1) is 24.5. The summed E-state index contributed by atoms with van der Waals surface area (Å²) in [4.78, 5) is 24.7. The lowest BCUT2D eigenvalue weighted by Crippen LogP contribution is -2.32. The van der Waals surface area contributed by atoms with E-state index < -0.39 is 12.1 Å². The van der Waals surface area contributed by atoms with E-state index >= 15 is 0 Å². The van der Waals surface area contributed by atoms with Crippen molar-refractivity contribution in [2.45, 2.75) is 63.7 Å². The molecule has 1 aliphatic rings. The molecule has 1 fully saturated rings. The van der Waals surface area contributed by atoms with E-state index in [1.165, 1.54) is 0 Å². The average molecular weight is 452 g/mol. The van der Waals surface area contributed by atoms with Gasteiger partial charge in [-0.2, -0.15) is 0 Å². The van der Waals surface area contributed by atoms with Crippen molar-refractivity contribution in [3.63, 3.8) is 0 Å². The first-order valence-electron chi connectivity index (χ1n) is 11.7. The Morgan fingerprint density at radius 1 is 1.09 bits per heavy atom. The van der Waals surface area contributed by atoms with Crippen molar-refractivity contribution in [1.82, 2.24) is 4.90 Å². The average Bonchev–Trinajstić information content (AvgIpc) is 3.18. The molecular formula is C27H33NO5. The molecule has 1 saturated heterocycles. The topological polar surface area (TPSA) is 87.1 Å². The second kappa shape index (κ2) is 12.8. The van der Waals surface area contributed by atoms with Crippen LogP contribution in [0.1, 0.15) is 62.2 Å². The summed E-state index contributed by atoms with van der Waals surface area (Å²) in [5, 5.41) is 19.4. The van der Waals surface area contributed by atoms with Crippen LogP contribution in [0.25, 0.3) is 0 Å². The highest BCUT2D eigenvalue weighted by Gasteiger charge is 2.28. The summed E-state index contributed by atoms with van der Waals surface area (Å²) in [5.41, 5.74) is 1.82. The summed E-state index contributed by atoms with van der Waals surface area (Å²) in [5.74, 6) is 0.0760. The molecule has 1 unspecified atom stereocenters. The highest BCUT2D eigenvalue weighted by atomic mass is 16.5. The number of carboxylic acids is 1. The first-order valence-corrected chi connectivity index (χ1v) is 11.7. The number of unbranched alkanes of at least 4 members (excludes halogenated alkanes) is 3. The van der Waals surface area contributed by atoms with Crippen molar-refractivity contribution in [2.75, 3.05) is 6.54 Å². The first-order chi connectivity index (χ1) is 16.0. The van der Waals surface area contributed by atoms with Crippen molar-refractivity contribution in [3.05, 3.63) is 77.9 Å². The molecular weight excluding hydrogens is 418 g/mol. The number of aliphatic carboxylic acids is 1. The second-order valence-electron chi connectivity index (χ2n) is 8.43. The van der Waals surface area contributed by atoms with Gasteiger partial charge in [-0.05, 0) is 42.5 Å². The number of aliphatic hydroxyl groups excluding tert-OH is 1. The van der Waals surface area contributed by atoms with Crippen molar-refractivity contribution >= 4 is 11.9 Å². The molecule has 176 valence electrons. The SMILES string of the molecule is O=C(O)CCCCCCN1C(=O)CCC1/C=C/[C@@H](O)c1cccc(OCc2ccccc2)c1. The van der Waals surface area contributed by atoms with Crippen LogP contribution in [0.5, 0.6) is 5.75 Å². The molecule has 2 aromatic rings. The van der Waals surface area contributed by atoms with Gasteiger partial charge in [0.25, 0.3) is 0 Å². The molecule has 1 aliphatic heterocycles. The molecule has 6 heteroatoms. The fraction of sp³-hybridized carbons (Fsp3) is 0.407. The van der Waals surface area contributed by atoms with Gasteiger partial charge in [0.05, 0.1) is 12.1 Å². The Balaban J connectivity index is 1.49. The zero-order valence-electron chi connectivity index (χ0n) is 18.9. The van der Waals surface area contributed by atoms with E-state index in [9.17, 15) is 14.7 Å². The normalized spacial score (nSPS) is 16.9. The van der Waals surface area contributed by atoms with Crippen molar-refractivity contribution in [2.24, 2.45) is 0 Å². The summed E-state index contributed by atoms with van der Waals surface area (Å²) in [6.07, 6.45) is 7.67. The van der Waals surface area contributed by atoms with Gasteiger partial charge in [0, 0.05) is 19.4 Å². The second-order valence-corrected chi connectivity index (χ2v) is 8.43. The number of hydrogen-bond donors (Lipinski definition) is 2. The summed E-state index contributed by atoms with van der Waals surface area (Å²) < 4.78 is 5.86. The molecule has 33 heavy (non-hydrogen) atoms. The quantitative estimate of drug-likeness (QED) is 0.335. The fourth-order valence-corrected chi connectivity index (χ4v) is 4.03. The van der Waals surface area contributed by atoms with E-state index in [0.717, 1.165) is 36.8 Å². The standard InChI is InChI=1S/C27H33NO5/c29-25(22-11-8-12-24(19-22)33-20-21-9-4-3-5-10-21)16-14-23-15-17-26(30)28(23)18-7-2-1-6-13-27(31)32/h3-5,8-12,14,16,19,23,25,29H,1-2,6-7,13,15,17-18,20H2,(H,31,32)/b16-14+/t23?,25-/m1/s1. The van der Waals surface area contributed by atoms with Gasteiger partial charge in [-0.15, -0.1) is 0 Å². The Kier molecular flexibility index (Phi) is 9.51. The van der Waals surface area contributed by atoms with E-state index in [0.29, 0.717) is 31.7 Å². The third-order valence-corrected chi connectivity index (χ3v) is 5.88. The Morgan fingerprint density at radius 3 is 2.67 bits per heavy atom. The maximum atomic E-state index is 12.3. The molecule has 0 aromatic heterocycles. The van der Waals surface area contributed by atoms with Crippen LogP contribution >= 0.6 is 0 Å².